The van der Waals surface area contributed by atoms with Crippen LogP contribution < -0.4 is 5.73 Å². The van der Waals surface area contributed by atoms with Gasteiger partial charge in [0.25, 0.3) is 0 Å². The van der Waals surface area contributed by atoms with Crippen LogP contribution in [0.5, 0.6) is 0 Å². The molecule has 1 aliphatic heterocycles. The van der Waals surface area contributed by atoms with E-state index in [-0.39, 0.29) is 0 Å². The van der Waals surface area contributed by atoms with Crippen molar-refractivity contribution in [2.45, 2.75) is 63.8 Å². The van der Waals surface area contributed by atoms with Crippen LogP contribution in [-0.4, -0.2) is 30.6 Å². The van der Waals surface area contributed by atoms with Crippen LogP contribution in [0.25, 0.3) is 0 Å². The van der Waals surface area contributed by atoms with Crippen molar-refractivity contribution in [2.24, 2.45) is 17.1 Å². The fraction of sp³-hybridized carbons (Fsp3) is 1.00. The van der Waals surface area contributed by atoms with Crippen LogP contribution in [0.3, 0.4) is 0 Å². The normalized spacial score (nSPS) is 37.2. The summed E-state index contributed by atoms with van der Waals surface area (Å²) in [5.74, 6) is 1.02. The lowest BCUT2D eigenvalue weighted by molar-refractivity contribution is -0.00207. The summed E-state index contributed by atoms with van der Waals surface area (Å²) in [6.07, 6.45) is 13.0. The van der Waals surface area contributed by atoms with Crippen LogP contribution in [0.1, 0.15) is 57.8 Å². The molecule has 2 nitrogen and oxygen atoms in total. The first-order valence-electron chi connectivity index (χ1n) is 7.77. The first-order valence-corrected chi connectivity index (χ1v) is 7.77. The minimum Gasteiger partial charge on any atom is -0.330 e. The molecule has 98 valence electrons. The Morgan fingerprint density at radius 1 is 1.00 bits per heavy atom. The zero-order valence-corrected chi connectivity index (χ0v) is 11.2. The van der Waals surface area contributed by atoms with E-state index < -0.39 is 0 Å². The van der Waals surface area contributed by atoms with Crippen LogP contribution in [-0.2, 0) is 0 Å². The van der Waals surface area contributed by atoms with Gasteiger partial charge in [-0.2, -0.15) is 0 Å². The van der Waals surface area contributed by atoms with E-state index in [4.69, 9.17) is 5.73 Å². The number of fused-ring (bicyclic) bond motifs is 1. The van der Waals surface area contributed by atoms with Gasteiger partial charge in [0.05, 0.1) is 0 Å². The Morgan fingerprint density at radius 3 is 2.47 bits per heavy atom. The Morgan fingerprint density at radius 2 is 1.76 bits per heavy atom. The molecule has 2 unspecified atom stereocenters. The van der Waals surface area contributed by atoms with E-state index in [0.29, 0.717) is 5.41 Å². The average Bonchev–Trinajstić information content (AvgIpc) is 2.34. The Hall–Kier alpha value is -0.0800. The molecule has 0 bridgehead atoms. The van der Waals surface area contributed by atoms with Crippen molar-refractivity contribution in [3.8, 4) is 0 Å². The van der Waals surface area contributed by atoms with Crippen molar-refractivity contribution >= 4 is 0 Å². The molecular formula is C15H28N2. The highest BCUT2D eigenvalue weighted by Crippen LogP contribution is 2.43. The van der Waals surface area contributed by atoms with Gasteiger partial charge in [-0.3, -0.25) is 4.90 Å². The van der Waals surface area contributed by atoms with Gasteiger partial charge < -0.3 is 5.73 Å². The smallest absolute Gasteiger partial charge is 0.0124 e. The van der Waals surface area contributed by atoms with Gasteiger partial charge in [0.2, 0.25) is 0 Å². The van der Waals surface area contributed by atoms with Crippen LogP contribution in [0, 0.1) is 11.3 Å². The Balaban J connectivity index is 1.64. The number of piperidine rings is 1. The van der Waals surface area contributed by atoms with Crippen molar-refractivity contribution in [1.82, 2.24) is 4.90 Å². The maximum atomic E-state index is 6.03. The molecule has 2 heteroatoms. The van der Waals surface area contributed by atoms with Crippen molar-refractivity contribution in [2.75, 3.05) is 19.6 Å². The molecule has 1 saturated heterocycles. The van der Waals surface area contributed by atoms with Gasteiger partial charge in [0, 0.05) is 12.6 Å². The highest BCUT2D eigenvalue weighted by molar-refractivity contribution is 4.95. The standard InChI is InChI=1S/C15H28N2/c16-11-15(8-4-9-15)12-17-10-3-6-13-5-1-2-7-14(13)17/h13-14H,1-12,16H2. The SMILES string of the molecule is NCC1(CN2CCCC3CCCCC32)CCC1. The molecule has 0 aromatic carbocycles. The number of likely N-dealkylation sites (tertiary alicyclic amines) is 1. The Labute approximate surface area is 106 Å². The zero-order valence-electron chi connectivity index (χ0n) is 11.2. The molecule has 0 aromatic heterocycles. The predicted molar refractivity (Wildman–Crippen MR) is 71.9 cm³/mol. The number of hydrogen-bond donors (Lipinski definition) is 1. The van der Waals surface area contributed by atoms with E-state index in [1.54, 1.807) is 0 Å². The number of hydrogen-bond acceptors (Lipinski definition) is 2. The fourth-order valence-corrected chi connectivity index (χ4v) is 4.46. The minimum absolute atomic E-state index is 0.513. The molecule has 3 rings (SSSR count). The van der Waals surface area contributed by atoms with Gasteiger partial charge in [0.15, 0.2) is 0 Å². The molecular weight excluding hydrogens is 208 g/mol. The summed E-state index contributed by atoms with van der Waals surface area (Å²) in [5, 5.41) is 0. The van der Waals surface area contributed by atoms with Crippen LogP contribution in [0.4, 0.5) is 0 Å². The summed E-state index contributed by atoms with van der Waals surface area (Å²) >= 11 is 0. The monoisotopic (exact) mass is 236 g/mol. The summed E-state index contributed by atoms with van der Waals surface area (Å²) in [5.41, 5.74) is 6.54. The second-order valence-electron chi connectivity index (χ2n) is 6.78. The highest BCUT2D eigenvalue weighted by atomic mass is 15.2. The number of rotatable bonds is 3. The van der Waals surface area contributed by atoms with Crippen LogP contribution in [0.2, 0.25) is 0 Å². The topological polar surface area (TPSA) is 29.3 Å². The maximum absolute atomic E-state index is 6.03. The zero-order chi connectivity index (χ0) is 11.7. The van der Waals surface area contributed by atoms with E-state index >= 15 is 0 Å². The van der Waals surface area contributed by atoms with E-state index in [2.05, 4.69) is 4.90 Å². The molecule has 2 N–H and O–H groups in total. The van der Waals surface area contributed by atoms with Crippen molar-refractivity contribution in [3.63, 3.8) is 0 Å². The summed E-state index contributed by atoms with van der Waals surface area (Å²) in [4.78, 5) is 2.83. The molecule has 0 aromatic rings. The van der Waals surface area contributed by atoms with Gasteiger partial charge in [0.1, 0.15) is 0 Å². The van der Waals surface area contributed by atoms with Gasteiger partial charge in [-0.15, -0.1) is 0 Å². The Kier molecular flexibility index (Phi) is 3.45. The predicted octanol–water partition coefficient (Wildman–Crippen LogP) is 2.77. The summed E-state index contributed by atoms with van der Waals surface area (Å²) in [6, 6.07) is 0.918. The van der Waals surface area contributed by atoms with Crippen LogP contribution in [0.15, 0.2) is 0 Å². The van der Waals surface area contributed by atoms with Gasteiger partial charge in [-0.05, 0) is 62.9 Å². The average molecular weight is 236 g/mol. The molecule has 1 heterocycles. The van der Waals surface area contributed by atoms with E-state index in [1.165, 1.54) is 70.9 Å². The molecule has 3 aliphatic rings. The summed E-state index contributed by atoms with van der Waals surface area (Å²) < 4.78 is 0. The maximum Gasteiger partial charge on any atom is 0.0124 e. The second-order valence-corrected chi connectivity index (χ2v) is 6.78. The van der Waals surface area contributed by atoms with E-state index in [0.717, 1.165) is 18.5 Å². The molecule has 3 fully saturated rings. The van der Waals surface area contributed by atoms with Crippen molar-refractivity contribution in [1.29, 1.82) is 0 Å². The van der Waals surface area contributed by atoms with Crippen molar-refractivity contribution in [3.05, 3.63) is 0 Å². The molecule has 17 heavy (non-hydrogen) atoms. The molecule has 0 amide bonds. The van der Waals surface area contributed by atoms with Gasteiger partial charge >= 0.3 is 0 Å². The third-order valence-electron chi connectivity index (χ3n) is 5.74. The van der Waals surface area contributed by atoms with E-state index in [9.17, 15) is 0 Å². The third-order valence-corrected chi connectivity index (χ3v) is 5.74. The van der Waals surface area contributed by atoms with Crippen LogP contribution >= 0.6 is 0 Å². The van der Waals surface area contributed by atoms with Gasteiger partial charge in [-0.25, -0.2) is 0 Å². The summed E-state index contributed by atoms with van der Waals surface area (Å²) in [6.45, 7) is 3.58. The molecule has 2 saturated carbocycles. The molecule has 0 radical (unpaired) electrons. The lowest BCUT2D eigenvalue weighted by Gasteiger charge is -2.51. The Bertz CT molecular complexity index is 252. The molecule has 0 spiro atoms. The van der Waals surface area contributed by atoms with Gasteiger partial charge in [-0.1, -0.05) is 19.3 Å². The first kappa shape index (κ1) is 12.0. The highest BCUT2D eigenvalue weighted by Gasteiger charge is 2.41. The fourth-order valence-electron chi connectivity index (χ4n) is 4.46. The summed E-state index contributed by atoms with van der Waals surface area (Å²) in [7, 11) is 0. The second kappa shape index (κ2) is 4.89. The first-order chi connectivity index (χ1) is 8.33. The molecule has 2 atom stereocenters. The van der Waals surface area contributed by atoms with Crippen molar-refractivity contribution < 1.29 is 0 Å². The lowest BCUT2D eigenvalue weighted by Crippen LogP contribution is -2.54. The minimum atomic E-state index is 0.513. The quantitative estimate of drug-likeness (QED) is 0.816. The number of nitrogens with two attached hydrogens (primary N) is 1. The largest absolute Gasteiger partial charge is 0.330 e. The molecule has 2 aliphatic carbocycles. The lowest BCUT2D eigenvalue weighted by atomic mass is 9.67. The van der Waals surface area contributed by atoms with E-state index in [1.807, 2.05) is 0 Å². The third kappa shape index (κ3) is 2.26. The number of nitrogens with zero attached hydrogens (tertiary/aromatic N) is 1.